The molecule has 21 heavy (non-hydrogen) atoms. The van der Waals surface area contributed by atoms with Crippen molar-refractivity contribution < 1.29 is 4.65 Å². The van der Waals surface area contributed by atoms with E-state index in [4.69, 9.17) is 4.65 Å². The highest BCUT2D eigenvalue weighted by atomic mass is 31.0. The van der Waals surface area contributed by atoms with Crippen LogP contribution in [0.3, 0.4) is 0 Å². The molecule has 1 atom stereocenters. The molecule has 0 aliphatic rings. The number of nitrogens with zero attached hydrogens (tertiary/aromatic N) is 2. The highest BCUT2D eigenvalue weighted by molar-refractivity contribution is 7.19. The molecule has 1 aromatic carbocycles. The van der Waals surface area contributed by atoms with Crippen LogP contribution in [0.15, 0.2) is 36.5 Å². The summed E-state index contributed by atoms with van der Waals surface area (Å²) in [5.41, 5.74) is 3.13. The van der Waals surface area contributed by atoms with Crippen molar-refractivity contribution in [1.29, 1.82) is 0 Å². The fourth-order valence-electron chi connectivity index (χ4n) is 1.80. The smallest absolute Gasteiger partial charge is 0.329 e. The summed E-state index contributed by atoms with van der Waals surface area (Å²) in [6, 6.07) is 10.4. The third-order valence-corrected chi connectivity index (χ3v) is 4.83. The van der Waals surface area contributed by atoms with Crippen LogP contribution in [0.25, 0.3) is 5.69 Å². The molecule has 3 nitrogen and oxygen atoms in total. The molecular weight excluding hydrogens is 278 g/mol. The van der Waals surface area contributed by atoms with E-state index in [1.54, 1.807) is 0 Å². The SMILES string of the molecule is Cc1ccc(-n2nccc2BOC(C)(C)C(C)(C)P)cc1. The van der Waals surface area contributed by atoms with Crippen LogP contribution in [-0.4, -0.2) is 28.0 Å². The van der Waals surface area contributed by atoms with Crippen molar-refractivity contribution in [3.05, 3.63) is 42.1 Å². The van der Waals surface area contributed by atoms with Crippen molar-refractivity contribution in [1.82, 2.24) is 9.78 Å². The molecule has 112 valence electrons. The second kappa shape index (κ2) is 5.94. The van der Waals surface area contributed by atoms with E-state index in [1.807, 2.05) is 16.9 Å². The van der Waals surface area contributed by atoms with E-state index < -0.39 is 0 Å². The number of benzene rings is 1. The van der Waals surface area contributed by atoms with Gasteiger partial charge < -0.3 is 4.65 Å². The Balaban J connectivity index is 2.17. The zero-order valence-electron chi connectivity index (χ0n) is 13.6. The highest BCUT2D eigenvalue weighted by Crippen LogP contribution is 2.33. The van der Waals surface area contributed by atoms with Crippen LogP contribution in [0.1, 0.15) is 33.3 Å². The molecule has 0 fully saturated rings. The highest BCUT2D eigenvalue weighted by Gasteiger charge is 2.34. The first-order chi connectivity index (χ1) is 9.71. The van der Waals surface area contributed by atoms with Gasteiger partial charge in [-0.05, 0) is 39.0 Å². The summed E-state index contributed by atoms with van der Waals surface area (Å²) in [5, 5.41) is 4.41. The Hall–Kier alpha value is -1.12. The summed E-state index contributed by atoms with van der Waals surface area (Å²) >= 11 is 0. The number of hydrogen-bond donors (Lipinski definition) is 0. The van der Waals surface area contributed by atoms with Crippen LogP contribution in [0.2, 0.25) is 0 Å². The third-order valence-electron chi connectivity index (χ3n) is 4.13. The molecule has 0 aliphatic heterocycles. The summed E-state index contributed by atoms with van der Waals surface area (Å²) in [5.74, 6) is 0. The lowest BCUT2D eigenvalue weighted by atomic mass is 9.87. The topological polar surface area (TPSA) is 27.1 Å². The van der Waals surface area contributed by atoms with Gasteiger partial charge in [0.1, 0.15) is 0 Å². The van der Waals surface area contributed by atoms with Crippen molar-refractivity contribution in [2.24, 2.45) is 0 Å². The van der Waals surface area contributed by atoms with Gasteiger partial charge in [0, 0.05) is 16.9 Å². The van der Waals surface area contributed by atoms with Gasteiger partial charge in [0.25, 0.3) is 0 Å². The lowest BCUT2D eigenvalue weighted by molar-refractivity contribution is 0.0838. The summed E-state index contributed by atoms with van der Waals surface area (Å²) in [4.78, 5) is 0. The van der Waals surface area contributed by atoms with E-state index in [-0.39, 0.29) is 10.8 Å². The van der Waals surface area contributed by atoms with Crippen LogP contribution in [-0.2, 0) is 4.65 Å². The number of aryl methyl sites for hydroxylation is 1. The molecule has 0 radical (unpaired) electrons. The molecule has 2 rings (SSSR count). The minimum atomic E-state index is -0.236. The molecule has 0 aliphatic carbocycles. The van der Waals surface area contributed by atoms with E-state index in [1.165, 1.54) is 5.56 Å². The molecule has 0 bridgehead atoms. The van der Waals surface area contributed by atoms with E-state index in [9.17, 15) is 0 Å². The van der Waals surface area contributed by atoms with Gasteiger partial charge in [-0.3, -0.25) is 0 Å². The molecule has 2 aromatic rings. The standard InChI is InChI=1S/C16H24BN2OP/c1-12-6-8-13(9-7-12)19-14(10-11-18-19)17-20-15(2,3)16(4,5)21/h6-11,17H,21H2,1-5H3. The van der Waals surface area contributed by atoms with Gasteiger partial charge in [0.15, 0.2) is 0 Å². The number of rotatable bonds is 5. The van der Waals surface area contributed by atoms with Crippen LogP contribution in [0.5, 0.6) is 0 Å². The van der Waals surface area contributed by atoms with Crippen LogP contribution < -0.4 is 5.59 Å². The summed E-state index contributed by atoms with van der Waals surface area (Å²) in [6.07, 6.45) is 1.82. The monoisotopic (exact) mass is 302 g/mol. The first-order valence-corrected chi connectivity index (χ1v) is 7.81. The fourth-order valence-corrected chi connectivity index (χ4v) is 1.88. The molecule has 0 N–H and O–H groups in total. The van der Waals surface area contributed by atoms with Crippen molar-refractivity contribution in [2.75, 3.05) is 0 Å². The van der Waals surface area contributed by atoms with Crippen LogP contribution >= 0.6 is 9.24 Å². The van der Waals surface area contributed by atoms with Crippen LogP contribution in [0.4, 0.5) is 0 Å². The van der Waals surface area contributed by atoms with Gasteiger partial charge in [-0.15, -0.1) is 9.24 Å². The Morgan fingerprint density at radius 1 is 1.10 bits per heavy atom. The number of aromatic nitrogens is 2. The maximum Gasteiger partial charge on any atom is 0.329 e. The largest absolute Gasteiger partial charge is 0.427 e. The Morgan fingerprint density at radius 2 is 1.71 bits per heavy atom. The average molecular weight is 302 g/mol. The molecule has 5 heteroatoms. The lowest BCUT2D eigenvalue weighted by Gasteiger charge is -2.39. The fraction of sp³-hybridized carbons (Fsp3) is 0.438. The predicted molar refractivity (Wildman–Crippen MR) is 94.0 cm³/mol. The molecule has 1 heterocycles. The first kappa shape index (κ1) is 16.3. The van der Waals surface area contributed by atoms with Gasteiger partial charge in [0.2, 0.25) is 0 Å². The summed E-state index contributed by atoms with van der Waals surface area (Å²) in [6.45, 7) is 10.6. The van der Waals surface area contributed by atoms with E-state index in [0.29, 0.717) is 7.48 Å². The first-order valence-electron chi connectivity index (χ1n) is 7.23. The Bertz CT molecular complexity index is 599. The molecule has 0 saturated carbocycles. The zero-order valence-corrected chi connectivity index (χ0v) is 14.7. The molecule has 1 unspecified atom stereocenters. The lowest BCUT2D eigenvalue weighted by Crippen LogP contribution is -2.46. The third kappa shape index (κ3) is 3.75. The van der Waals surface area contributed by atoms with E-state index in [0.717, 1.165) is 11.3 Å². The molecule has 0 spiro atoms. The van der Waals surface area contributed by atoms with Gasteiger partial charge >= 0.3 is 7.48 Å². The summed E-state index contributed by atoms with van der Waals surface area (Å²) in [7, 11) is 3.40. The average Bonchev–Trinajstić information content (AvgIpc) is 2.84. The van der Waals surface area contributed by atoms with Crippen molar-refractivity contribution in [3.8, 4) is 5.69 Å². The van der Waals surface area contributed by atoms with Gasteiger partial charge in [-0.25, -0.2) is 4.68 Å². The second-order valence-corrected chi connectivity index (χ2v) is 8.03. The van der Waals surface area contributed by atoms with Gasteiger partial charge in [-0.2, -0.15) is 5.10 Å². The molecule has 0 amide bonds. The second-order valence-electron chi connectivity index (χ2n) is 6.59. The summed E-state index contributed by atoms with van der Waals surface area (Å²) < 4.78 is 8.08. The molecular formula is C16H24BN2OP. The normalized spacial score (nSPS) is 12.5. The quantitative estimate of drug-likeness (QED) is 0.627. The zero-order chi connectivity index (χ0) is 15.7. The predicted octanol–water partition coefficient (Wildman–Crippen LogP) is 2.61. The maximum absolute atomic E-state index is 6.14. The Morgan fingerprint density at radius 3 is 2.29 bits per heavy atom. The molecule has 0 saturated heterocycles. The van der Waals surface area contributed by atoms with Crippen molar-refractivity contribution in [2.45, 2.75) is 45.4 Å². The maximum atomic E-state index is 6.14. The van der Waals surface area contributed by atoms with E-state index in [2.05, 4.69) is 73.2 Å². The van der Waals surface area contributed by atoms with Gasteiger partial charge in [-0.1, -0.05) is 31.5 Å². The van der Waals surface area contributed by atoms with Gasteiger partial charge in [0.05, 0.1) is 11.3 Å². The molecule has 1 aromatic heterocycles. The van der Waals surface area contributed by atoms with E-state index >= 15 is 0 Å². The number of hydrogen-bond acceptors (Lipinski definition) is 2. The Labute approximate surface area is 130 Å². The Kier molecular flexibility index (Phi) is 4.60. The van der Waals surface area contributed by atoms with Crippen LogP contribution in [0, 0.1) is 6.92 Å². The van der Waals surface area contributed by atoms with Crippen molar-refractivity contribution in [3.63, 3.8) is 0 Å². The minimum absolute atomic E-state index is 0.00170. The van der Waals surface area contributed by atoms with Crippen molar-refractivity contribution >= 4 is 22.3 Å². The minimum Gasteiger partial charge on any atom is -0.427 e.